The van der Waals surface area contributed by atoms with Crippen LogP contribution in [-0.2, 0) is 29.0 Å². The molecule has 0 aliphatic carbocycles. The Balaban J connectivity index is 2.07. The number of benzene rings is 2. The van der Waals surface area contributed by atoms with E-state index in [4.69, 9.17) is 0 Å². The van der Waals surface area contributed by atoms with Crippen molar-refractivity contribution in [3.63, 3.8) is 0 Å². The number of rotatable bonds is 7. The Hall–Kier alpha value is -2.09. The quantitative estimate of drug-likeness (QED) is 0.615. The average Bonchev–Trinajstić information content (AvgIpc) is 2.59. The van der Waals surface area contributed by atoms with Gasteiger partial charge in [-0.2, -0.15) is 4.31 Å². The number of hydrogen-bond donors (Lipinski definition) is 1. The van der Waals surface area contributed by atoms with E-state index in [9.17, 15) is 17.9 Å². The number of esters is 1. The van der Waals surface area contributed by atoms with E-state index in [2.05, 4.69) is 4.74 Å². The standard InChI is InChI=1S/C17H18FNO4S/c1-23-17(20)14-7-8-15(16(18)11-14)12-19(24(21)22)10-9-13-5-3-2-4-6-13/h2-8,11H,9-10,12H2,1H3,(H,21,22). The SMILES string of the molecule is COC(=O)c1ccc(CN(CCc2ccccc2)S(=O)O)c(F)c1. The van der Waals surface area contributed by atoms with Crippen LogP contribution in [-0.4, -0.2) is 32.7 Å². The topological polar surface area (TPSA) is 66.8 Å². The van der Waals surface area contributed by atoms with Crippen LogP contribution in [0, 0.1) is 5.82 Å². The number of ether oxygens (including phenoxy) is 1. The van der Waals surface area contributed by atoms with Crippen LogP contribution < -0.4 is 0 Å². The number of methoxy groups -OCH3 is 1. The first-order valence-corrected chi connectivity index (χ1v) is 8.34. The van der Waals surface area contributed by atoms with Gasteiger partial charge in [-0.05, 0) is 24.1 Å². The molecule has 1 atom stereocenters. The second-order valence-electron chi connectivity index (χ2n) is 5.13. The minimum atomic E-state index is -2.23. The van der Waals surface area contributed by atoms with Gasteiger partial charge in [0.2, 0.25) is 11.3 Å². The Kier molecular flexibility index (Phi) is 6.60. The molecule has 0 spiro atoms. The zero-order valence-electron chi connectivity index (χ0n) is 13.1. The maximum atomic E-state index is 14.1. The van der Waals surface area contributed by atoms with Crippen molar-refractivity contribution in [1.82, 2.24) is 4.31 Å². The van der Waals surface area contributed by atoms with Crippen LogP contribution in [0.1, 0.15) is 21.5 Å². The number of carbonyl (C=O) groups is 1. The summed E-state index contributed by atoms with van der Waals surface area (Å²) in [7, 11) is 1.22. The molecule has 0 radical (unpaired) electrons. The molecule has 2 aromatic carbocycles. The Morgan fingerprint density at radius 1 is 1.25 bits per heavy atom. The molecule has 1 N–H and O–H groups in total. The van der Waals surface area contributed by atoms with Gasteiger partial charge in [-0.3, -0.25) is 4.55 Å². The van der Waals surface area contributed by atoms with Gasteiger partial charge in [-0.25, -0.2) is 13.4 Å². The summed E-state index contributed by atoms with van der Waals surface area (Å²) in [4.78, 5) is 11.4. The number of hydrogen-bond acceptors (Lipinski definition) is 3. The molecular formula is C17H18FNO4S. The molecule has 24 heavy (non-hydrogen) atoms. The molecule has 0 fully saturated rings. The van der Waals surface area contributed by atoms with Crippen molar-refractivity contribution in [1.29, 1.82) is 0 Å². The fourth-order valence-electron chi connectivity index (χ4n) is 2.22. The Morgan fingerprint density at radius 2 is 1.96 bits per heavy atom. The highest BCUT2D eigenvalue weighted by molar-refractivity contribution is 7.76. The molecule has 0 aliphatic rings. The number of carbonyl (C=O) groups excluding carboxylic acids is 1. The van der Waals surface area contributed by atoms with Gasteiger partial charge in [0, 0.05) is 18.7 Å². The van der Waals surface area contributed by atoms with Crippen molar-refractivity contribution < 1.29 is 22.7 Å². The molecule has 7 heteroatoms. The third-order valence-electron chi connectivity index (χ3n) is 3.53. The highest BCUT2D eigenvalue weighted by atomic mass is 32.2. The van der Waals surface area contributed by atoms with Gasteiger partial charge in [0.15, 0.2) is 0 Å². The highest BCUT2D eigenvalue weighted by Crippen LogP contribution is 2.15. The molecule has 5 nitrogen and oxygen atoms in total. The van der Waals surface area contributed by atoms with Crippen molar-refractivity contribution in [3.05, 3.63) is 71.0 Å². The van der Waals surface area contributed by atoms with Crippen LogP contribution >= 0.6 is 0 Å². The largest absolute Gasteiger partial charge is 0.465 e. The van der Waals surface area contributed by atoms with Gasteiger partial charge in [0.05, 0.1) is 12.7 Å². The Bertz CT molecular complexity index is 724. The van der Waals surface area contributed by atoms with E-state index in [1.165, 1.54) is 23.5 Å². The van der Waals surface area contributed by atoms with Gasteiger partial charge < -0.3 is 4.74 Å². The van der Waals surface area contributed by atoms with Crippen LogP contribution in [0.25, 0.3) is 0 Å². The minimum Gasteiger partial charge on any atom is -0.465 e. The van der Waals surface area contributed by atoms with E-state index >= 15 is 0 Å². The maximum absolute atomic E-state index is 14.1. The van der Waals surface area contributed by atoms with Gasteiger partial charge in [0.25, 0.3) is 0 Å². The second kappa shape index (κ2) is 8.68. The molecule has 0 saturated carbocycles. The van der Waals surface area contributed by atoms with Crippen molar-refractivity contribution in [3.8, 4) is 0 Å². The molecule has 0 amide bonds. The van der Waals surface area contributed by atoms with Crippen LogP contribution in [0.4, 0.5) is 4.39 Å². The van der Waals surface area contributed by atoms with Gasteiger partial charge >= 0.3 is 5.97 Å². The highest BCUT2D eigenvalue weighted by Gasteiger charge is 2.16. The summed E-state index contributed by atoms with van der Waals surface area (Å²) in [6.07, 6.45) is 0.564. The summed E-state index contributed by atoms with van der Waals surface area (Å²) >= 11 is -2.23. The van der Waals surface area contributed by atoms with Crippen LogP contribution in [0.5, 0.6) is 0 Å². The van der Waals surface area contributed by atoms with Crippen LogP contribution in [0.15, 0.2) is 48.5 Å². The fourth-order valence-corrected chi connectivity index (χ4v) is 2.72. The van der Waals surface area contributed by atoms with E-state index in [0.717, 1.165) is 11.6 Å². The first kappa shape index (κ1) is 18.3. The van der Waals surface area contributed by atoms with E-state index in [1.807, 2.05) is 30.3 Å². The van der Waals surface area contributed by atoms with Gasteiger partial charge in [-0.1, -0.05) is 36.4 Å². The number of halogens is 1. The van der Waals surface area contributed by atoms with Crippen molar-refractivity contribution in [2.75, 3.05) is 13.7 Å². The fraction of sp³-hybridized carbons (Fsp3) is 0.235. The first-order chi connectivity index (χ1) is 11.5. The van der Waals surface area contributed by atoms with E-state index in [1.54, 1.807) is 0 Å². The van der Waals surface area contributed by atoms with Crippen molar-refractivity contribution in [2.24, 2.45) is 0 Å². The maximum Gasteiger partial charge on any atom is 0.337 e. The molecule has 0 saturated heterocycles. The smallest absolute Gasteiger partial charge is 0.337 e. The predicted molar refractivity (Wildman–Crippen MR) is 89.1 cm³/mol. The molecule has 128 valence electrons. The van der Waals surface area contributed by atoms with E-state index in [-0.39, 0.29) is 17.7 Å². The lowest BCUT2D eigenvalue weighted by atomic mass is 10.1. The van der Waals surface area contributed by atoms with Crippen LogP contribution in [0.3, 0.4) is 0 Å². The predicted octanol–water partition coefficient (Wildman–Crippen LogP) is 2.79. The number of nitrogens with zero attached hydrogens (tertiary/aromatic N) is 1. The Labute approximate surface area is 142 Å². The zero-order valence-corrected chi connectivity index (χ0v) is 14.0. The van der Waals surface area contributed by atoms with E-state index < -0.39 is 23.1 Å². The third kappa shape index (κ3) is 4.95. The Morgan fingerprint density at radius 3 is 2.54 bits per heavy atom. The summed E-state index contributed by atoms with van der Waals surface area (Å²) in [6.45, 7) is 0.258. The summed E-state index contributed by atoms with van der Waals surface area (Å²) in [6, 6.07) is 13.4. The van der Waals surface area contributed by atoms with Crippen LogP contribution in [0.2, 0.25) is 0 Å². The normalized spacial score (nSPS) is 12.2. The molecule has 2 rings (SSSR count). The van der Waals surface area contributed by atoms with E-state index in [0.29, 0.717) is 13.0 Å². The molecule has 0 bridgehead atoms. The summed E-state index contributed by atoms with van der Waals surface area (Å²) < 4.78 is 40.8. The molecule has 2 aromatic rings. The van der Waals surface area contributed by atoms with Gasteiger partial charge in [0.1, 0.15) is 5.82 Å². The van der Waals surface area contributed by atoms with Crippen molar-refractivity contribution in [2.45, 2.75) is 13.0 Å². The molecule has 1 unspecified atom stereocenters. The molecule has 0 heterocycles. The summed E-state index contributed by atoms with van der Waals surface area (Å²) in [5, 5.41) is 0. The monoisotopic (exact) mass is 351 g/mol. The molecule has 0 aromatic heterocycles. The van der Waals surface area contributed by atoms with Crippen molar-refractivity contribution >= 4 is 17.2 Å². The molecular weight excluding hydrogens is 333 g/mol. The lowest BCUT2D eigenvalue weighted by Gasteiger charge is -2.18. The third-order valence-corrected chi connectivity index (χ3v) is 4.29. The minimum absolute atomic E-state index is 0.0385. The average molecular weight is 351 g/mol. The second-order valence-corrected chi connectivity index (χ2v) is 6.11. The lowest BCUT2D eigenvalue weighted by molar-refractivity contribution is 0.0600. The first-order valence-electron chi connectivity index (χ1n) is 7.28. The summed E-state index contributed by atoms with van der Waals surface area (Å²) in [5.74, 6) is -1.25. The van der Waals surface area contributed by atoms with Gasteiger partial charge in [-0.15, -0.1) is 0 Å². The lowest BCUT2D eigenvalue weighted by Crippen LogP contribution is -2.28. The zero-order chi connectivity index (χ0) is 17.5. The summed E-state index contributed by atoms with van der Waals surface area (Å²) in [5.41, 5.74) is 1.35. The molecule has 0 aliphatic heterocycles.